The van der Waals surface area contributed by atoms with Gasteiger partial charge < -0.3 is 15.0 Å². The molecule has 0 radical (unpaired) electrons. The van der Waals surface area contributed by atoms with Gasteiger partial charge in [-0.3, -0.25) is 14.5 Å². The molecule has 2 aromatic carbocycles. The molecule has 1 fully saturated rings. The molecule has 0 atom stereocenters. The first kappa shape index (κ1) is 20.0. The summed E-state index contributed by atoms with van der Waals surface area (Å²) in [5.41, 5.74) is 2.82. The van der Waals surface area contributed by atoms with Crippen LogP contribution in [0, 0.1) is 0 Å². The Morgan fingerprint density at radius 3 is 2.36 bits per heavy atom. The van der Waals surface area contributed by atoms with Crippen molar-refractivity contribution in [3.63, 3.8) is 0 Å². The number of likely N-dealkylation sites (N-methyl/N-ethyl adjacent to an activating group) is 1. The fraction of sp³-hybridized carbons (Fsp3) is 0.364. The highest BCUT2D eigenvalue weighted by atomic mass is 16.5. The van der Waals surface area contributed by atoms with Crippen molar-refractivity contribution in [1.82, 2.24) is 15.1 Å². The van der Waals surface area contributed by atoms with E-state index in [0.29, 0.717) is 45.0 Å². The molecule has 2 aromatic rings. The maximum absolute atomic E-state index is 12.4. The lowest BCUT2D eigenvalue weighted by Gasteiger charge is -2.26. The Labute approximate surface area is 166 Å². The third-order valence-electron chi connectivity index (χ3n) is 4.70. The summed E-state index contributed by atoms with van der Waals surface area (Å²) in [6.07, 6.45) is 0. The average molecular weight is 381 g/mol. The first-order valence-electron chi connectivity index (χ1n) is 9.57. The maximum Gasteiger partial charge on any atom is 0.254 e. The molecule has 0 unspecified atom stereocenters. The van der Waals surface area contributed by atoms with E-state index in [4.69, 9.17) is 4.74 Å². The minimum Gasteiger partial charge on any atom is -0.378 e. The molecule has 0 saturated carbocycles. The second-order valence-corrected chi connectivity index (χ2v) is 7.04. The molecule has 6 heteroatoms. The Morgan fingerprint density at radius 1 is 1.00 bits per heavy atom. The normalized spacial score (nSPS) is 14.1. The van der Waals surface area contributed by atoms with Crippen LogP contribution in [0.25, 0.3) is 0 Å². The molecular weight excluding hydrogens is 354 g/mol. The summed E-state index contributed by atoms with van der Waals surface area (Å²) in [5, 5.41) is 2.94. The van der Waals surface area contributed by atoms with Crippen LogP contribution in [-0.4, -0.2) is 61.5 Å². The maximum atomic E-state index is 12.4. The Bertz CT molecular complexity index is 771. The van der Waals surface area contributed by atoms with Gasteiger partial charge in [0.1, 0.15) is 0 Å². The summed E-state index contributed by atoms with van der Waals surface area (Å²) in [6, 6.07) is 17.5. The second kappa shape index (κ2) is 10.0. The van der Waals surface area contributed by atoms with Crippen molar-refractivity contribution in [1.29, 1.82) is 0 Å². The van der Waals surface area contributed by atoms with Gasteiger partial charge in [0.05, 0.1) is 19.8 Å². The molecule has 3 rings (SSSR count). The van der Waals surface area contributed by atoms with Gasteiger partial charge in [0.25, 0.3) is 5.91 Å². The number of carbonyl (C=O) groups excluding carboxylic acids is 2. The van der Waals surface area contributed by atoms with Crippen molar-refractivity contribution >= 4 is 11.8 Å². The van der Waals surface area contributed by atoms with E-state index in [-0.39, 0.29) is 11.8 Å². The van der Waals surface area contributed by atoms with Crippen LogP contribution < -0.4 is 5.32 Å². The van der Waals surface area contributed by atoms with E-state index in [0.717, 1.165) is 12.1 Å². The molecule has 1 saturated heterocycles. The molecule has 28 heavy (non-hydrogen) atoms. The number of nitrogens with zero attached hydrogens (tertiary/aromatic N) is 2. The lowest BCUT2D eigenvalue weighted by molar-refractivity contribution is -0.122. The first-order valence-corrected chi connectivity index (χ1v) is 9.57. The number of morpholine rings is 1. The van der Waals surface area contributed by atoms with Crippen LogP contribution in [0.15, 0.2) is 54.6 Å². The predicted molar refractivity (Wildman–Crippen MR) is 108 cm³/mol. The molecule has 1 aliphatic rings. The zero-order chi connectivity index (χ0) is 19.8. The molecule has 0 bridgehead atoms. The summed E-state index contributed by atoms with van der Waals surface area (Å²) >= 11 is 0. The number of carbonyl (C=O) groups is 2. The fourth-order valence-corrected chi connectivity index (χ4v) is 3.17. The minimum atomic E-state index is -0.0214. The quantitative estimate of drug-likeness (QED) is 0.796. The van der Waals surface area contributed by atoms with Crippen molar-refractivity contribution in [3.05, 3.63) is 71.3 Å². The molecule has 2 amide bonds. The highest BCUT2D eigenvalue weighted by Gasteiger charge is 2.18. The Morgan fingerprint density at radius 2 is 1.68 bits per heavy atom. The Hall–Kier alpha value is -2.70. The fourth-order valence-electron chi connectivity index (χ4n) is 3.17. The molecule has 6 nitrogen and oxygen atoms in total. The van der Waals surface area contributed by atoms with E-state index in [2.05, 4.69) is 5.32 Å². The van der Waals surface area contributed by atoms with Crippen molar-refractivity contribution in [2.45, 2.75) is 13.1 Å². The topological polar surface area (TPSA) is 61.9 Å². The van der Waals surface area contributed by atoms with E-state index in [1.165, 1.54) is 5.56 Å². The van der Waals surface area contributed by atoms with Crippen LogP contribution in [0.1, 0.15) is 21.5 Å². The number of benzene rings is 2. The summed E-state index contributed by atoms with van der Waals surface area (Å²) in [4.78, 5) is 28.4. The van der Waals surface area contributed by atoms with Gasteiger partial charge in [0.15, 0.2) is 0 Å². The van der Waals surface area contributed by atoms with Crippen LogP contribution in [0.5, 0.6) is 0 Å². The van der Waals surface area contributed by atoms with Crippen molar-refractivity contribution in [3.8, 4) is 0 Å². The lowest BCUT2D eigenvalue weighted by Crippen LogP contribution is -2.40. The van der Waals surface area contributed by atoms with Gasteiger partial charge >= 0.3 is 0 Å². The SMILES string of the molecule is CN(CC(=O)NCc1ccc(C(=O)N2CCOCC2)cc1)Cc1ccccc1. The summed E-state index contributed by atoms with van der Waals surface area (Å²) < 4.78 is 5.28. The molecule has 0 spiro atoms. The molecule has 1 aliphatic heterocycles. The van der Waals surface area contributed by atoms with E-state index >= 15 is 0 Å². The van der Waals surface area contributed by atoms with E-state index in [1.807, 2.05) is 71.4 Å². The Kier molecular flexibility index (Phi) is 7.17. The number of rotatable bonds is 7. The first-order chi connectivity index (χ1) is 13.6. The smallest absolute Gasteiger partial charge is 0.254 e. The summed E-state index contributed by atoms with van der Waals surface area (Å²) in [5.74, 6) is 0.00771. The van der Waals surface area contributed by atoms with Crippen molar-refractivity contribution in [2.75, 3.05) is 39.9 Å². The lowest BCUT2D eigenvalue weighted by atomic mass is 10.1. The number of hydrogen-bond donors (Lipinski definition) is 1. The van der Waals surface area contributed by atoms with E-state index in [9.17, 15) is 9.59 Å². The van der Waals surface area contributed by atoms with Crippen LogP contribution >= 0.6 is 0 Å². The zero-order valence-corrected chi connectivity index (χ0v) is 16.3. The van der Waals surface area contributed by atoms with Crippen LogP contribution in [0.4, 0.5) is 0 Å². The van der Waals surface area contributed by atoms with Crippen molar-refractivity contribution in [2.24, 2.45) is 0 Å². The number of ether oxygens (including phenoxy) is 1. The largest absolute Gasteiger partial charge is 0.378 e. The molecule has 148 valence electrons. The van der Waals surface area contributed by atoms with Gasteiger partial charge in [-0.25, -0.2) is 0 Å². The van der Waals surface area contributed by atoms with Gasteiger partial charge in [-0.1, -0.05) is 42.5 Å². The molecule has 1 N–H and O–H groups in total. The molecule has 0 aliphatic carbocycles. The summed E-state index contributed by atoms with van der Waals surface area (Å²) in [7, 11) is 1.93. The number of nitrogens with one attached hydrogen (secondary N) is 1. The molecule has 1 heterocycles. The van der Waals surface area contributed by atoms with Crippen LogP contribution in [0.2, 0.25) is 0 Å². The minimum absolute atomic E-state index is 0.0214. The van der Waals surface area contributed by atoms with Crippen LogP contribution in [0.3, 0.4) is 0 Å². The number of hydrogen-bond acceptors (Lipinski definition) is 4. The van der Waals surface area contributed by atoms with Crippen molar-refractivity contribution < 1.29 is 14.3 Å². The third-order valence-corrected chi connectivity index (χ3v) is 4.70. The standard InChI is InChI=1S/C22H27N3O3/c1-24(16-19-5-3-2-4-6-19)17-21(26)23-15-18-7-9-20(10-8-18)22(27)25-11-13-28-14-12-25/h2-10H,11-17H2,1H3,(H,23,26). The van der Waals surface area contributed by atoms with Crippen LogP contribution in [-0.2, 0) is 22.6 Å². The zero-order valence-electron chi connectivity index (χ0n) is 16.3. The average Bonchev–Trinajstić information content (AvgIpc) is 2.73. The predicted octanol–water partition coefficient (Wildman–Crippen LogP) is 1.91. The van der Waals surface area contributed by atoms with E-state index < -0.39 is 0 Å². The molecular formula is C22H27N3O3. The summed E-state index contributed by atoms with van der Waals surface area (Å²) in [6.45, 7) is 3.96. The molecule has 0 aromatic heterocycles. The highest BCUT2D eigenvalue weighted by molar-refractivity contribution is 5.94. The third kappa shape index (κ3) is 5.90. The van der Waals surface area contributed by atoms with E-state index in [1.54, 1.807) is 0 Å². The highest BCUT2D eigenvalue weighted by Crippen LogP contribution is 2.10. The van der Waals surface area contributed by atoms with Gasteiger partial charge in [-0.05, 0) is 30.3 Å². The number of amides is 2. The van der Waals surface area contributed by atoms with Gasteiger partial charge in [-0.2, -0.15) is 0 Å². The van der Waals surface area contributed by atoms with Gasteiger partial charge in [0, 0.05) is 31.7 Å². The monoisotopic (exact) mass is 381 g/mol. The second-order valence-electron chi connectivity index (χ2n) is 7.04. The van der Waals surface area contributed by atoms with Gasteiger partial charge in [-0.15, -0.1) is 0 Å². The Balaban J connectivity index is 1.43. The van der Waals surface area contributed by atoms with Gasteiger partial charge in [0.2, 0.25) is 5.91 Å².